The van der Waals surface area contributed by atoms with Gasteiger partial charge in [0.2, 0.25) is 20.7 Å². The summed E-state index contributed by atoms with van der Waals surface area (Å²) in [7, 11) is -3.85. The first-order valence-electron chi connectivity index (χ1n) is 6.81. The molecule has 8 heteroatoms. The first-order valence-corrected chi connectivity index (χ1v) is 8.67. The van der Waals surface area contributed by atoms with Crippen LogP contribution >= 0.6 is 11.6 Å². The van der Waals surface area contributed by atoms with Gasteiger partial charge in [-0.25, -0.2) is 8.42 Å². The van der Waals surface area contributed by atoms with Crippen molar-refractivity contribution in [1.82, 2.24) is 4.98 Å². The van der Waals surface area contributed by atoms with Gasteiger partial charge in [-0.3, -0.25) is 0 Å². The summed E-state index contributed by atoms with van der Waals surface area (Å²) in [5.41, 5.74) is 0. The zero-order chi connectivity index (χ0) is 16.4. The van der Waals surface area contributed by atoms with E-state index in [1.165, 1.54) is 30.5 Å². The third-order valence-electron chi connectivity index (χ3n) is 3.04. The normalized spacial score (nSPS) is 11.6. The van der Waals surface area contributed by atoms with Crippen LogP contribution in [0.15, 0.2) is 61.4 Å². The molecule has 120 valence electrons. The lowest BCUT2D eigenvalue weighted by atomic mass is 10.4. The highest BCUT2D eigenvalue weighted by molar-refractivity contribution is 7.91. The van der Waals surface area contributed by atoms with Crippen molar-refractivity contribution >= 4 is 27.3 Å². The number of aromatic nitrogens is 1. The maximum absolute atomic E-state index is 12.8. The Kier molecular flexibility index (Phi) is 4.14. The van der Waals surface area contributed by atoms with Gasteiger partial charge in [-0.1, -0.05) is 11.6 Å². The molecule has 0 bridgehead atoms. The molecule has 6 nitrogen and oxygen atoms in total. The molecule has 0 aliphatic carbocycles. The molecule has 3 rings (SSSR count). The quantitative estimate of drug-likeness (QED) is 0.750. The molecule has 2 heterocycles. The van der Waals surface area contributed by atoms with Crippen molar-refractivity contribution in [3.05, 3.63) is 47.7 Å². The molecule has 0 saturated carbocycles. The minimum Gasteiger partial charge on any atom is -0.459 e. The number of hydrogen-bond donors (Lipinski definition) is 1. The van der Waals surface area contributed by atoms with Gasteiger partial charge in [-0.2, -0.15) is 4.98 Å². The second-order valence-corrected chi connectivity index (χ2v) is 6.92. The summed E-state index contributed by atoms with van der Waals surface area (Å²) in [5, 5.41) is 3.13. The van der Waals surface area contributed by atoms with Gasteiger partial charge in [-0.15, -0.1) is 0 Å². The number of furan rings is 1. The highest BCUT2D eigenvalue weighted by Gasteiger charge is 2.28. The van der Waals surface area contributed by atoms with E-state index in [1.54, 1.807) is 12.1 Å². The predicted molar refractivity (Wildman–Crippen MR) is 85.3 cm³/mol. The lowest BCUT2D eigenvalue weighted by molar-refractivity contribution is 0.523. The number of anilines is 1. The third-order valence-corrected chi connectivity index (χ3v) is 4.97. The fourth-order valence-corrected chi connectivity index (χ4v) is 3.40. The fraction of sp³-hybridized carbons (Fsp3) is 0.133. The number of oxazole rings is 1. The molecule has 3 aromatic rings. The number of rotatable bonds is 5. The lowest BCUT2D eigenvalue weighted by Gasteiger charge is -2.04. The molecule has 0 unspecified atom stereocenters. The van der Waals surface area contributed by atoms with E-state index >= 15 is 0 Å². The first-order chi connectivity index (χ1) is 11.0. The first kappa shape index (κ1) is 15.6. The zero-order valence-electron chi connectivity index (χ0n) is 12.1. The number of nitrogens with one attached hydrogen (secondary N) is 1. The largest absolute Gasteiger partial charge is 0.459 e. The number of nitrogens with zero attached hydrogens (tertiary/aromatic N) is 1. The van der Waals surface area contributed by atoms with Crippen LogP contribution in [0.25, 0.3) is 11.7 Å². The summed E-state index contributed by atoms with van der Waals surface area (Å²) < 4.78 is 36.3. The predicted octanol–water partition coefficient (Wildman–Crippen LogP) is 3.85. The molecular weight excluding hydrogens is 340 g/mol. The zero-order valence-corrected chi connectivity index (χ0v) is 13.7. The highest BCUT2D eigenvalue weighted by atomic mass is 35.5. The Morgan fingerprint density at radius 1 is 1.22 bits per heavy atom. The molecule has 0 saturated heterocycles. The minimum atomic E-state index is -3.85. The average molecular weight is 353 g/mol. The van der Waals surface area contributed by atoms with Crippen LogP contribution in [0.4, 0.5) is 5.88 Å². The Balaban J connectivity index is 2.12. The van der Waals surface area contributed by atoms with Gasteiger partial charge in [0.15, 0.2) is 5.76 Å². The molecule has 2 aromatic heterocycles. The average Bonchev–Trinajstić information content (AvgIpc) is 3.17. The van der Waals surface area contributed by atoms with E-state index in [4.69, 9.17) is 20.4 Å². The second-order valence-electron chi connectivity index (χ2n) is 4.62. The van der Waals surface area contributed by atoms with Crippen molar-refractivity contribution in [2.75, 3.05) is 11.9 Å². The maximum atomic E-state index is 12.8. The van der Waals surface area contributed by atoms with Gasteiger partial charge >= 0.3 is 0 Å². The second kappa shape index (κ2) is 6.10. The summed E-state index contributed by atoms with van der Waals surface area (Å²) in [4.78, 5) is 4.18. The van der Waals surface area contributed by atoms with E-state index in [9.17, 15) is 8.42 Å². The van der Waals surface area contributed by atoms with Gasteiger partial charge in [-0.05, 0) is 43.3 Å². The number of sulfone groups is 1. The molecule has 0 amide bonds. The fourth-order valence-electron chi connectivity index (χ4n) is 1.99. The van der Waals surface area contributed by atoms with Crippen LogP contribution in [0.1, 0.15) is 6.92 Å². The van der Waals surface area contributed by atoms with Crippen LogP contribution in [0.3, 0.4) is 0 Å². The lowest BCUT2D eigenvalue weighted by Crippen LogP contribution is -2.07. The molecule has 1 aromatic carbocycles. The van der Waals surface area contributed by atoms with E-state index in [2.05, 4.69) is 10.3 Å². The van der Waals surface area contributed by atoms with Crippen molar-refractivity contribution in [2.45, 2.75) is 16.8 Å². The van der Waals surface area contributed by atoms with Gasteiger partial charge in [0, 0.05) is 11.6 Å². The standard InChI is InChI=1S/C15H13ClN2O4S/c1-2-17-14-15(18-13(22-14)12-4-3-9-21-12)23(19,20)11-7-5-10(16)6-8-11/h3-9,17H,2H2,1H3. The SMILES string of the molecule is CCNc1oc(-c2ccco2)nc1S(=O)(=O)c1ccc(Cl)cc1. The topological polar surface area (TPSA) is 85.3 Å². The van der Waals surface area contributed by atoms with E-state index < -0.39 is 9.84 Å². The Morgan fingerprint density at radius 3 is 2.57 bits per heavy atom. The van der Waals surface area contributed by atoms with Crippen LogP contribution < -0.4 is 5.32 Å². The van der Waals surface area contributed by atoms with E-state index in [1.807, 2.05) is 6.92 Å². The summed E-state index contributed by atoms with van der Waals surface area (Å²) in [6.45, 7) is 2.31. The molecule has 0 radical (unpaired) electrons. The molecular formula is C15H13ClN2O4S. The van der Waals surface area contributed by atoms with Crippen molar-refractivity contribution in [2.24, 2.45) is 0 Å². The Morgan fingerprint density at radius 2 is 1.96 bits per heavy atom. The Hall–Kier alpha value is -2.25. The van der Waals surface area contributed by atoms with Crippen LogP contribution in [0, 0.1) is 0 Å². The van der Waals surface area contributed by atoms with Gasteiger partial charge in [0.25, 0.3) is 5.89 Å². The van der Waals surface area contributed by atoms with E-state index in [-0.39, 0.29) is 21.7 Å². The number of benzene rings is 1. The van der Waals surface area contributed by atoms with Crippen LogP contribution in [0.5, 0.6) is 0 Å². The summed E-state index contributed by atoms with van der Waals surface area (Å²) in [5.74, 6) is 0.522. The Bertz CT molecular complexity index is 900. The van der Waals surface area contributed by atoms with Crippen molar-refractivity contribution < 1.29 is 17.3 Å². The molecule has 0 aliphatic rings. The third kappa shape index (κ3) is 2.97. The van der Waals surface area contributed by atoms with Crippen molar-refractivity contribution in [3.63, 3.8) is 0 Å². The molecule has 0 spiro atoms. The van der Waals surface area contributed by atoms with Crippen LogP contribution in [-0.2, 0) is 9.84 Å². The van der Waals surface area contributed by atoms with Gasteiger partial charge in [0.1, 0.15) is 0 Å². The number of hydrogen-bond acceptors (Lipinski definition) is 6. The molecule has 0 fully saturated rings. The molecule has 23 heavy (non-hydrogen) atoms. The van der Waals surface area contributed by atoms with Crippen LogP contribution in [0.2, 0.25) is 5.02 Å². The maximum Gasteiger partial charge on any atom is 0.266 e. The Labute approximate surface area is 138 Å². The minimum absolute atomic E-state index is 0.0776. The monoisotopic (exact) mass is 352 g/mol. The molecule has 0 atom stereocenters. The molecule has 1 N–H and O–H groups in total. The van der Waals surface area contributed by atoms with E-state index in [0.29, 0.717) is 17.3 Å². The van der Waals surface area contributed by atoms with Gasteiger partial charge in [0.05, 0.1) is 11.2 Å². The van der Waals surface area contributed by atoms with Crippen LogP contribution in [-0.4, -0.2) is 19.9 Å². The molecule has 0 aliphatic heterocycles. The van der Waals surface area contributed by atoms with Crippen molar-refractivity contribution in [1.29, 1.82) is 0 Å². The number of halogens is 1. The van der Waals surface area contributed by atoms with Crippen molar-refractivity contribution in [3.8, 4) is 11.7 Å². The summed E-state index contributed by atoms with van der Waals surface area (Å²) >= 11 is 5.81. The van der Waals surface area contributed by atoms with Gasteiger partial charge < -0.3 is 14.2 Å². The summed E-state index contributed by atoms with van der Waals surface area (Å²) in [6.07, 6.45) is 1.46. The van der Waals surface area contributed by atoms with E-state index in [0.717, 1.165) is 0 Å². The summed E-state index contributed by atoms with van der Waals surface area (Å²) in [6, 6.07) is 9.17. The highest BCUT2D eigenvalue weighted by Crippen LogP contribution is 2.32. The smallest absolute Gasteiger partial charge is 0.266 e.